The Hall–Kier alpha value is -3.39. The maximum Gasteiger partial charge on any atom is 0.277 e. The summed E-state index contributed by atoms with van der Waals surface area (Å²) in [7, 11) is 0. The first kappa shape index (κ1) is 15.8. The van der Waals surface area contributed by atoms with Gasteiger partial charge in [-0.25, -0.2) is 0 Å². The minimum Gasteiger partial charge on any atom is -0.411 e. The van der Waals surface area contributed by atoms with Gasteiger partial charge in [0, 0.05) is 22.7 Å². The number of H-pyrrole nitrogens is 1. The van der Waals surface area contributed by atoms with Gasteiger partial charge < -0.3 is 13.9 Å². The average Bonchev–Trinajstić information content (AvgIpc) is 3.46. The highest BCUT2D eigenvalue weighted by molar-refractivity contribution is 7.98. The van der Waals surface area contributed by atoms with Crippen LogP contribution < -0.4 is 0 Å². The number of hydrogen-bond donors (Lipinski definition) is 1. The van der Waals surface area contributed by atoms with E-state index in [1.54, 1.807) is 0 Å². The minimum atomic E-state index is 0.453. The van der Waals surface area contributed by atoms with Crippen LogP contribution in [0.5, 0.6) is 0 Å². The second-order valence-corrected chi connectivity index (χ2v) is 6.71. The van der Waals surface area contributed by atoms with Crippen LogP contribution in [0.15, 0.2) is 75.0 Å². The molecule has 0 saturated carbocycles. The molecule has 0 aliphatic carbocycles. The summed E-state index contributed by atoms with van der Waals surface area (Å²) in [5, 5.41) is 13.8. The van der Waals surface area contributed by atoms with Crippen LogP contribution in [0.25, 0.3) is 33.7 Å². The van der Waals surface area contributed by atoms with Crippen molar-refractivity contribution < 1.29 is 8.94 Å². The molecule has 7 nitrogen and oxygen atoms in total. The van der Waals surface area contributed by atoms with Crippen molar-refractivity contribution in [3.63, 3.8) is 0 Å². The van der Waals surface area contributed by atoms with Crippen LogP contribution in [0.2, 0.25) is 0 Å². The molecule has 0 aliphatic heterocycles. The van der Waals surface area contributed by atoms with Crippen molar-refractivity contribution in [3.8, 4) is 22.8 Å². The molecule has 2 aromatic carbocycles. The lowest BCUT2D eigenvalue weighted by molar-refractivity contribution is 0.391. The van der Waals surface area contributed by atoms with Gasteiger partial charge in [0.2, 0.25) is 11.7 Å². The van der Waals surface area contributed by atoms with E-state index < -0.39 is 0 Å². The number of nitrogens with one attached hydrogen (secondary N) is 1. The molecule has 1 N–H and O–H groups in total. The van der Waals surface area contributed by atoms with E-state index in [0.29, 0.717) is 28.6 Å². The predicted octanol–water partition coefficient (Wildman–Crippen LogP) is 4.56. The highest BCUT2D eigenvalue weighted by Gasteiger charge is 2.15. The van der Waals surface area contributed by atoms with Crippen LogP contribution >= 0.6 is 11.8 Å². The topological polar surface area (TPSA) is 93.6 Å². The normalized spacial score (nSPS) is 11.3. The van der Waals surface area contributed by atoms with E-state index >= 15 is 0 Å². The first-order valence-electron chi connectivity index (χ1n) is 8.27. The summed E-state index contributed by atoms with van der Waals surface area (Å²) in [6, 6.07) is 17.7. The Labute approximate surface area is 157 Å². The van der Waals surface area contributed by atoms with Gasteiger partial charge in [-0.05, 0) is 6.07 Å². The highest BCUT2D eigenvalue weighted by Crippen LogP contribution is 2.30. The molecular weight excluding hydrogens is 362 g/mol. The molecule has 0 unspecified atom stereocenters. The van der Waals surface area contributed by atoms with Crippen molar-refractivity contribution in [1.82, 2.24) is 25.3 Å². The third kappa shape index (κ3) is 3.11. The maximum atomic E-state index is 5.78. The van der Waals surface area contributed by atoms with Crippen LogP contribution in [0, 0.1) is 0 Å². The fourth-order valence-corrected chi connectivity index (χ4v) is 3.37. The van der Waals surface area contributed by atoms with Crippen LogP contribution in [-0.2, 0) is 5.75 Å². The fourth-order valence-electron chi connectivity index (χ4n) is 2.77. The molecule has 8 heteroatoms. The van der Waals surface area contributed by atoms with Gasteiger partial charge in [-0.3, -0.25) is 0 Å². The lowest BCUT2D eigenvalue weighted by Gasteiger charge is -1.92. The molecule has 0 spiro atoms. The van der Waals surface area contributed by atoms with E-state index in [2.05, 4.69) is 25.3 Å². The molecule has 0 aliphatic rings. The van der Waals surface area contributed by atoms with Gasteiger partial charge in [0.25, 0.3) is 11.1 Å². The highest BCUT2D eigenvalue weighted by atomic mass is 32.2. The number of nitrogens with zero attached hydrogens (tertiary/aromatic N) is 4. The Balaban J connectivity index is 1.31. The van der Waals surface area contributed by atoms with Crippen molar-refractivity contribution in [3.05, 3.63) is 66.7 Å². The zero-order chi connectivity index (χ0) is 18.1. The second kappa shape index (κ2) is 6.73. The van der Waals surface area contributed by atoms with Gasteiger partial charge in [0.1, 0.15) is 0 Å². The largest absolute Gasteiger partial charge is 0.411 e. The van der Waals surface area contributed by atoms with E-state index in [-0.39, 0.29) is 0 Å². The minimum absolute atomic E-state index is 0.453. The number of para-hydroxylation sites is 1. The molecule has 0 bridgehead atoms. The van der Waals surface area contributed by atoms with Crippen molar-refractivity contribution in [1.29, 1.82) is 0 Å². The molecule has 0 amide bonds. The lowest BCUT2D eigenvalue weighted by Crippen LogP contribution is -1.82. The molecule has 5 aromatic rings. The first-order chi connectivity index (χ1) is 13.4. The molecule has 0 saturated heterocycles. The predicted molar refractivity (Wildman–Crippen MR) is 101 cm³/mol. The molecule has 5 rings (SSSR count). The molecule has 0 atom stereocenters. The molecule has 3 heterocycles. The molecule has 3 aromatic heterocycles. The van der Waals surface area contributed by atoms with Gasteiger partial charge in [-0.15, -0.1) is 10.2 Å². The Morgan fingerprint density at radius 3 is 2.74 bits per heavy atom. The summed E-state index contributed by atoms with van der Waals surface area (Å²) in [5.41, 5.74) is 2.82. The molecule has 0 radical (unpaired) electrons. The van der Waals surface area contributed by atoms with E-state index in [9.17, 15) is 0 Å². The maximum absolute atomic E-state index is 5.78. The van der Waals surface area contributed by atoms with Gasteiger partial charge in [0.15, 0.2) is 0 Å². The third-order valence-corrected chi connectivity index (χ3v) is 4.85. The van der Waals surface area contributed by atoms with Gasteiger partial charge in [-0.1, -0.05) is 65.4 Å². The Kier molecular flexibility index (Phi) is 3.95. The van der Waals surface area contributed by atoms with E-state index in [4.69, 9.17) is 8.94 Å². The summed E-state index contributed by atoms with van der Waals surface area (Å²) in [6.07, 6.45) is 1.87. The van der Waals surface area contributed by atoms with Crippen LogP contribution in [0.4, 0.5) is 0 Å². The zero-order valence-electron chi connectivity index (χ0n) is 14.0. The molecule has 27 heavy (non-hydrogen) atoms. The SMILES string of the molecule is c1ccc(-c2noc(CSc3nnc(-c4c[nH]c5ccccc45)o3)n2)cc1. The summed E-state index contributed by atoms with van der Waals surface area (Å²) in [6.45, 7) is 0. The van der Waals surface area contributed by atoms with Crippen molar-refractivity contribution >= 4 is 22.7 Å². The van der Waals surface area contributed by atoms with Crippen molar-refractivity contribution in [2.45, 2.75) is 11.0 Å². The standard InChI is InChI=1S/C19H13N5O2S/c1-2-6-12(7-3-1)17-21-16(26-24-17)11-27-19-23-22-18(25-19)14-10-20-15-9-5-4-8-13(14)15/h1-10,20H,11H2. The Morgan fingerprint density at radius 2 is 1.81 bits per heavy atom. The van der Waals surface area contributed by atoms with E-state index in [1.807, 2.05) is 60.8 Å². The number of benzene rings is 2. The lowest BCUT2D eigenvalue weighted by atomic mass is 10.2. The smallest absolute Gasteiger partial charge is 0.277 e. The number of aromatic nitrogens is 5. The van der Waals surface area contributed by atoms with Gasteiger partial charge in [0.05, 0.1) is 11.3 Å². The molecule has 0 fully saturated rings. The summed E-state index contributed by atoms with van der Waals surface area (Å²) < 4.78 is 11.1. The van der Waals surface area contributed by atoms with E-state index in [1.165, 1.54) is 11.8 Å². The monoisotopic (exact) mass is 375 g/mol. The number of aromatic amines is 1. The van der Waals surface area contributed by atoms with Crippen LogP contribution in [0.3, 0.4) is 0 Å². The quantitative estimate of drug-likeness (QED) is 0.450. The number of thioether (sulfide) groups is 1. The van der Waals surface area contributed by atoms with Crippen LogP contribution in [-0.4, -0.2) is 25.3 Å². The second-order valence-electron chi connectivity index (χ2n) is 5.79. The Bertz CT molecular complexity index is 1200. The zero-order valence-corrected chi connectivity index (χ0v) is 14.8. The Morgan fingerprint density at radius 1 is 0.963 bits per heavy atom. The fraction of sp³-hybridized carbons (Fsp3) is 0.0526. The average molecular weight is 375 g/mol. The number of hydrogen-bond acceptors (Lipinski definition) is 7. The number of fused-ring (bicyclic) bond motifs is 1. The molecular formula is C19H13N5O2S. The number of rotatable bonds is 5. The first-order valence-corrected chi connectivity index (χ1v) is 9.26. The summed E-state index contributed by atoms with van der Waals surface area (Å²) in [5.74, 6) is 2.00. The summed E-state index contributed by atoms with van der Waals surface area (Å²) in [4.78, 5) is 7.60. The van der Waals surface area contributed by atoms with Crippen LogP contribution in [0.1, 0.15) is 5.89 Å². The molecule has 132 valence electrons. The van der Waals surface area contributed by atoms with Crippen molar-refractivity contribution in [2.75, 3.05) is 0 Å². The van der Waals surface area contributed by atoms with Gasteiger partial charge in [-0.2, -0.15) is 4.98 Å². The third-order valence-electron chi connectivity index (χ3n) is 4.05. The van der Waals surface area contributed by atoms with Crippen molar-refractivity contribution in [2.24, 2.45) is 0 Å². The van der Waals surface area contributed by atoms with E-state index in [0.717, 1.165) is 22.0 Å². The van der Waals surface area contributed by atoms with Gasteiger partial charge >= 0.3 is 0 Å². The summed E-state index contributed by atoms with van der Waals surface area (Å²) >= 11 is 1.36.